The Bertz CT molecular complexity index is 626. The Kier molecular flexibility index (Phi) is 4.59. The molecule has 0 amide bonds. The molecule has 8 heteroatoms. The number of hydrogen-bond acceptors (Lipinski definition) is 6. The van der Waals surface area contributed by atoms with Crippen molar-refractivity contribution < 1.29 is 9.84 Å². The molecule has 21 heavy (non-hydrogen) atoms. The average molecular weight is 296 g/mol. The number of H-pyrrole nitrogens is 2. The summed E-state index contributed by atoms with van der Waals surface area (Å²) in [5, 5.41) is 9.56. The number of aromatic hydroxyl groups is 1. The molecule has 8 nitrogen and oxygen atoms in total. The molecule has 1 aromatic heterocycles. The van der Waals surface area contributed by atoms with Crippen LogP contribution in [0.15, 0.2) is 14.6 Å². The van der Waals surface area contributed by atoms with Crippen LogP contribution < -0.4 is 11.2 Å². The van der Waals surface area contributed by atoms with Crippen LogP contribution in [0.5, 0.6) is 5.88 Å². The van der Waals surface area contributed by atoms with Crippen molar-refractivity contribution in [2.24, 2.45) is 4.99 Å². The topological polar surface area (TPSA) is 111 Å². The van der Waals surface area contributed by atoms with E-state index in [1.807, 2.05) is 4.98 Å². The Hall–Kier alpha value is -1.93. The molecule has 0 bridgehead atoms. The van der Waals surface area contributed by atoms with Gasteiger partial charge in [0.1, 0.15) is 5.56 Å². The minimum Gasteiger partial charge on any atom is -0.494 e. The van der Waals surface area contributed by atoms with Gasteiger partial charge in [0.25, 0.3) is 5.56 Å². The zero-order valence-electron chi connectivity index (χ0n) is 12.2. The lowest BCUT2D eigenvalue weighted by Crippen LogP contribution is -2.51. The van der Waals surface area contributed by atoms with Crippen molar-refractivity contribution >= 4 is 6.21 Å². The fourth-order valence-electron chi connectivity index (χ4n) is 2.23. The lowest BCUT2D eigenvalue weighted by Gasteiger charge is -2.39. The van der Waals surface area contributed by atoms with E-state index in [2.05, 4.69) is 28.7 Å². The predicted molar refractivity (Wildman–Crippen MR) is 78.3 cm³/mol. The summed E-state index contributed by atoms with van der Waals surface area (Å²) in [4.78, 5) is 33.2. The van der Waals surface area contributed by atoms with Gasteiger partial charge in [0, 0.05) is 24.8 Å². The molecule has 1 fully saturated rings. The lowest BCUT2D eigenvalue weighted by molar-refractivity contribution is -0.00676. The second kappa shape index (κ2) is 6.23. The van der Waals surface area contributed by atoms with Gasteiger partial charge < -0.3 is 9.84 Å². The fraction of sp³-hybridized carbons (Fsp3) is 0.615. The Balaban J connectivity index is 2.08. The fourth-order valence-corrected chi connectivity index (χ4v) is 2.23. The first-order valence-electron chi connectivity index (χ1n) is 6.78. The van der Waals surface area contributed by atoms with Crippen LogP contribution in [0.4, 0.5) is 0 Å². The van der Waals surface area contributed by atoms with E-state index >= 15 is 0 Å². The minimum atomic E-state index is -0.747. The van der Waals surface area contributed by atoms with Crippen molar-refractivity contribution in [3.63, 3.8) is 0 Å². The maximum Gasteiger partial charge on any atom is 0.328 e. The summed E-state index contributed by atoms with van der Waals surface area (Å²) in [6, 6.07) is 0. The normalized spacial score (nSPS) is 17.4. The molecule has 116 valence electrons. The Labute approximate surface area is 121 Å². The monoisotopic (exact) mass is 296 g/mol. The first-order valence-corrected chi connectivity index (χ1v) is 6.78. The highest BCUT2D eigenvalue weighted by Gasteiger charge is 2.27. The number of nitrogens with one attached hydrogen (secondary N) is 2. The number of hydrogen-bond donors (Lipinski definition) is 3. The molecule has 0 spiro atoms. The second-order valence-corrected chi connectivity index (χ2v) is 5.55. The Morgan fingerprint density at radius 1 is 1.33 bits per heavy atom. The summed E-state index contributed by atoms with van der Waals surface area (Å²) >= 11 is 0. The third kappa shape index (κ3) is 3.79. The molecule has 0 unspecified atom stereocenters. The van der Waals surface area contributed by atoms with Crippen LogP contribution >= 0.6 is 0 Å². The average Bonchev–Trinajstić information content (AvgIpc) is 2.42. The molecule has 1 aliphatic rings. The third-order valence-corrected chi connectivity index (χ3v) is 3.52. The molecule has 0 saturated carbocycles. The first kappa shape index (κ1) is 15.5. The number of aliphatic imine (C=N–C) groups is 1. The highest BCUT2D eigenvalue weighted by molar-refractivity contribution is 5.81. The number of rotatable bonds is 4. The maximum atomic E-state index is 11.6. The second-order valence-electron chi connectivity index (χ2n) is 5.55. The molecule has 0 aliphatic carbocycles. The van der Waals surface area contributed by atoms with E-state index in [9.17, 15) is 14.7 Å². The van der Waals surface area contributed by atoms with E-state index in [0.29, 0.717) is 19.8 Å². The number of ether oxygens (including phenoxy) is 1. The van der Waals surface area contributed by atoms with Crippen LogP contribution in [0.2, 0.25) is 0 Å². The van der Waals surface area contributed by atoms with Gasteiger partial charge in [-0.05, 0) is 13.8 Å². The molecule has 2 heterocycles. The summed E-state index contributed by atoms with van der Waals surface area (Å²) in [5.41, 5.74) is -1.63. The lowest BCUT2D eigenvalue weighted by atomic mass is 10.0. The van der Waals surface area contributed by atoms with Crippen molar-refractivity contribution in [3.05, 3.63) is 26.4 Å². The van der Waals surface area contributed by atoms with E-state index in [-0.39, 0.29) is 11.1 Å². The van der Waals surface area contributed by atoms with Gasteiger partial charge in [0.2, 0.25) is 5.88 Å². The molecule has 0 radical (unpaired) electrons. The molecule has 1 saturated heterocycles. The highest BCUT2D eigenvalue weighted by atomic mass is 16.5. The summed E-state index contributed by atoms with van der Waals surface area (Å²) in [7, 11) is 0. The smallest absolute Gasteiger partial charge is 0.328 e. The highest BCUT2D eigenvalue weighted by Crippen LogP contribution is 2.16. The van der Waals surface area contributed by atoms with Gasteiger partial charge in [0.05, 0.1) is 19.8 Å². The van der Waals surface area contributed by atoms with Gasteiger partial charge in [-0.1, -0.05) is 0 Å². The Morgan fingerprint density at radius 3 is 2.62 bits per heavy atom. The maximum absolute atomic E-state index is 11.6. The summed E-state index contributed by atoms with van der Waals surface area (Å²) in [6.07, 6.45) is 1.28. The minimum absolute atomic E-state index is 0.0487. The van der Waals surface area contributed by atoms with Crippen LogP contribution in [-0.4, -0.2) is 64.6 Å². The quantitative estimate of drug-likeness (QED) is 0.636. The molecular formula is C13H20N4O4. The molecule has 3 N–H and O–H groups in total. The summed E-state index contributed by atoms with van der Waals surface area (Å²) < 4.78 is 5.32. The number of nitrogens with zero attached hydrogens (tertiary/aromatic N) is 2. The number of aromatic amines is 2. The first-order chi connectivity index (χ1) is 9.90. The standard InChI is InChI=1S/C13H20N4O4/c1-13(2,17-3-5-21-6-4-17)8-14-7-9-10(18)15-12(20)16-11(9)19/h7H,3-6,8H2,1-2H3,(H3,15,16,18,19,20). The number of aromatic nitrogens is 2. The van der Waals surface area contributed by atoms with Gasteiger partial charge in [0.15, 0.2) is 0 Å². The SMILES string of the molecule is CC(C)(CN=Cc1c(O)[nH]c(=O)[nH]c1=O)N1CCOCC1. The number of morpholine rings is 1. The van der Waals surface area contributed by atoms with E-state index < -0.39 is 17.1 Å². The largest absolute Gasteiger partial charge is 0.494 e. The van der Waals surface area contributed by atoms with Gasteiger partial charge in [-0.3, -0.25) is 24.7 Å². The Morgan fingerprint density at radius 2 is 2.00 bits per heavy atom. The van der Waals surface area contributed by atoms with Gasteiger partial charge in [-0.15, -0.1) is 0 Å². The summed E-state index contributed by atoms with van der Waals surface area (Å²) in [6.45, 7) is 7.67. The third-order valence-electron chi connectivity index (χ3n) is 3.52. The molecule has 1 aromatic rings. The van der Waals surface area contributed by atoms with E-state index in [1.54, 1.807) is 0 Å². The van der Waals surface area contributed by atoms with Crippen molar-refractivity contribution in [2.45, 2.75) is 19.4 Å². The molecular weight excluding hydrogens is 276 g/mol. The van der Waals surface area contributed by atoms with Gasteiger partial charge in [-0.2, -0.15) is 0 Å². The molecule has 1 aliphatic heterocycles. The molecule has 0 aromatic carbocycles. The molecule has 0 atom stereocenters. The van der Waals surface area contributed by atoms with E-state index in [1.165, 1.54) is 6.21 Å². The van der Waals surface area contributed by atoms with Gasteiger partial charge in [-0.25, -0.2) is 4.79 Å². The van der Waals surface area contributed by atoms with E-state index in [4.69, 9.17) is 4.74 Å². The van der Waals surface area contributed by atoms with Crippen LogP contribution in [0.25, 0.3) is 0 Å². The summed E-state index contributed by atoms with van der Waals surface area (Å²) in [5.74, 6) is -0.475. The van der Waals surface area contributed by atoms with Crippen molar-refractivity contribution in [3.8, 4) is 5.88 Å². The molecule has 2 rings (SSSR count). The van der Waals surface area contributed by atoms with E-state index in [0.717, 1.165) is 13.1 Å². The van der Waals surface area contributed by atoms with Crippen molar-refractivity contribution in [1.82, 2.24) is 14.9 Å². The zero-order valence-corrected chi connectivity index (χ0v) is 12.2. The van der Waals surface area contributed by atoms with Crippen LogP contribution in [0, 0.1) is 0 Å². The zero-order chi connectivity index (χ0) is 15.5. The van der Waals surface area contributed by atoms with Crippen LogP contribution in [0.3, 0.4) is 0 Å². The van der Waals surface area contributed by atoms with Crippen LogP contribution in [-0.2, 0) is 4.74 Å². The predicted octanol–water partition coefficient (Wildman–Crippen LogP) is -0.701. The van der Waals surface area contributed by atoms with Crippen LogP contribution in [0.1, 0.15) is 19.4 Å². The van der Waals surface area contributed by atoms with Crippen molar-refractivity contribution in [2.75, 3.05) is 32.8 Å². The van der Waals surface area contributed by atoms with Gasteiger partial charge >= 0.3 is 5.69 Å². The van der Waals surface area contributed by atoms with Crippen molar-refractivity contribution in [1.29, 1.82) is 0 Å².